The van der Waals surface area contributed by atoms with Crippen molar-refractivity contribution in [1.82, 2.24) is 4.72 Å². The molecule has 1 fully saturated rings. The van der Waals surface area contributed by atoms with Crippen molar-refractivity contribution in [2.75, 3.05) is 4.90 Å². The average molecular weight is 444 g/mol. The number of aromatic hydroxyl groups is 1. The molecule has 1 saturated carbocycles. The van der Waals surface area contributed by atoms with E-state index in [-0.39, 0.29) is 27.5 Å². The molecular weight excluding hydrogens is 425 g/mol. The van der Waals surface area contributed by atoms with Gasteiger partial charge in [-0.25, -0.2) is 17.9 Å². The Balaban J connectivity index is 2.11. The first kappa shape index (κ1) is 20.7. The van der Waals surface area contributed by atoms with Crippen molar-refractivity contribution in [2.24, 2.45) is 5.73 Å². The number of phenolic OH excluding ortho intramolecular Hbond substituents is 1. The Morgan fingerprint density at radius 1 is 1.07 bits per heavy atom. The monoisotopic (exact) mass is 443 g/mol. The van der Waals surface area contributed by atoms with Crippen LogP contribution in [0.4, 0.5) is 16.2 Å². The summed E-state index contributed by atoms with van der Waals surface area (Å²) in [6, 6.07) is 7.77. The number of benzene rings is 2. The minimum Gasteiger partial charge on any atom is -0.504 e. The van der Waals surface area contributed by atoms with Crippen molar-refractivity contribution in [3.05, 3.63) is 46.4 Å². The number of anilines is 2. The van der Waals surface area contributed by atoms with Gasteiger partial charge in [0.15, 0.2) is 5.75 Å². The number of nitrogens with two attached hydrogens (primary N) is 1. The molecule has 0 heterocycles. The van der Waals surface area contributed by atoms with E-state index in [1.165, 1.54) is 18.2 Å². The van der Waals surface area contributed by atoms with E-state index in [4.69, 9.17) is 28.9 Å². The van der Waals surface area contributed by atoms with Gasteiger partial charge in [0.25, 0.3) is 0 Å². The summed E-state index contributed by atoms with van der Waals surface area (Å²) in [6.07, 6.45) is 3.28. The summed E-state index contributed by atoms with van der Waals surface area (Å²) >= 11 is 12.2. The summed E-state index contributed by atoms with van der Waals surface area (Å²) in [5.74, 6) is -0.684. The third-order valence-corrected chi connectivity index (χ3v) is 6.90. The number of carbonyl (C=O) groups excluding carboxylic acids is 1. The van der Waals surface area contributed by atoms with Crippen LogP contribution in [0.3, 0.4) is 0 Å². The van der Waals surface area contributed by atoms with E-state index in [2.05, 4.69) is 4.72 Å². The van der Waals surface area contributed by atoms with Crippen molar-refractivity contribution >= 4 is 50.6 Å². The fraction of sp³-hybridized carbons (Fsp3) is 0.278. The fourth-order valence-corrected chi connectivity index (χ4v) is 5.45. The Bertz CT molecular complexity index is 1010. The van der Waals surface area contributed by atoms with E-state index < -0.39 is 26.7 Å². The Kier molecular flexibility index (Phi) is 6.04. The van der Waals surface area contributed by atoms with Crippen LogP contribution in [0.1, 0.15) is 25.7 Å². The molecule has 28 heavy (non-hydrogen) atoms. The summed E-state index contributed by atoms with van der Waals surface area (Å²) in [4.78, 5) is 12.5. The maximum atomic E-state index is 12.9. The van der Waals surface area contributed by atoms with Crippen LogP contribution in [0.5, 0.6) is 5.75 Å². The Hall–Kier alpha value is -2.00. The molecule has 3 rings (SSSR count). The second-order valence-corrected chi connectivity index (χ2v) is 8.94. The van der Waals surface area contributed by atoms with Crippen molar-refractivity contribution in [3.8, 4) is 5.75 Å². The lowest BCUT2D eigenvalue weighted by atomic mass is 10.2. The molecule has 1 aliphatic rings. The van der Waals surface area contributed by atoms with Crippen LogP contribution in [-0.4, -0.2) is 25.6 Å². The van der Waals surface area contributed by atoms with E-state index >= 15 is 0 Å². The number of nitrogens with one attached hydrogen (secondary N) is 1. The van der Waals surface area contributed by atoms with Gasteiger partial charge in [-0.3, -0.25) is 4.90 Å². The second kappa shape index (κ2) is 8.16. The molecule has 0 bridgehead atoms. The predicted octanol–water partition coefficient (Wildman–Crippen LogP) is 4.14. The van der Waals surface area contributed by atoms with Gasteiger partial charge in [0.05, 0.1) is 21.4 Å². The van der Waals surface area contributed by atoms with E-state index in [1.807, 2.05) is 0 Å². The van der Waals surface area contributed by atoms with Crippen LogP contribution in [0.15, 0.2) is 41.3 Å². The van der Waals surface area contributed by atoms with Crippen molar-refractivity contribution in [1.29, 1.82) is 0 Å². The van der Waals surface area contributed by atoms with Crippen LogP contribution in [0, 0.1) is 0 Å². The fourth-order valence-electron chi connectivity index (χ4n) is 3.29. The number of nitrogens with zero attached hydrogens (tertiary/aromatic N) is 1. The summed E-state index contributed by atoms with van der Waals surface area (Å²) < 4.78 is 28.3. The quantitative estimate of drug-likeness (QED) is 0.644. The van der Waals surface area contributed by atoms with Crippen LogP contribution >= 0.6 is 23.2 Å². The lowest BCUT2D eigenvalue weighted by molar-refractivity contribution is 0.256. The molecule has 1 aliphatic carbocycles. The number of primary amides is 1. The molecule has 0 spiro atoms. The molecule has 0 atom stereocenters. The van der Waals surface area contributed by atoms with E-state index in [0.29, 0.717) is 12.8 Å². The normalized spacial score (nSPS) is 14.9. The van der Waals surface area contributed by atoms with Gasteiger partial charge < -0.3 is 10.8 Å². The summed E-state index contributed by atoms with van der Waals surface area (Å²) in [7, 11) is -4.12. The zero-order valence-corrected chi connectivity index (χ0v) is 17.1. The van der Waals surface area contributed by atoms with Crippen LogP contribution in [0.2, 0.25) is 10.0 Å². The number of para-hydroxylation sites is 1. The van der Waals surface area contributed by atoms with E-state index in [0.717, 1.165) is 17.7 Å². The van der Waals surface area contributed by atoms with E-state index in [9.17, 15) is 18.3 Å². The van der Waals surface area contributed by atoms with Gasteiger partial charge in [-0.15, -0.1) is 0 Å². The van der Waals surface area contributed by atoms with Gasteiger partial charge >= 0.3 is 6.03 Å². The van der Waals surface area contributed by atoms with Crippen molar-refractivity contribution < 1.29 is 18.3 Å². The summed E-state index contributed by atoms with van der Waals surface area (Å²) in [6.45, 7) is 0. The third kappa shape index (κ3) is 4.05. The van der Waals surface area contributed by atoms with Crippen molar-refractivity contribution in [2.45, 2.75) is 36.6 Å². The highest BCUT2D eigenvalue weighted by Gasteiger charge is 2.31. The highest BCUT2D eigenvalue weighted by Crippen LogP contribution is 2.43. The number of hydrogen-bond donors (Lipinski definition) is 3. The number of carbonyl (C=O) groups is 1. The highest BCUT2D eigenvalue weighted by molar-refractivity contribution is 7.89. The number of rotatable bonds is 5. The molecule has 0 aliphatic heterocycles. The minimum absolute atomic E-state index is 0.142. The first-order valence-electron chi connectivity index (χ1n) is 8.60. The first-order valence-corrected chi connectivity index (χ1v) is 10.8. The van der Waals surface area contributed by atoms with Crippen LogP contribution in [0.25, 0.3) is 0 Å². The minimum atomic E-state index is -4.12. The summed E-state index contributed by atoms with van der Waals surface area (Å²) in [5.41, 5.74) is 5.54. The van der Waals surface area contributed by atoms with Gasteiger partial charge in [-0.05, 0) is 37.1 Å². The molecule has 0 saturated heterocycles. The topological polar surface area (TPSA) is 113 Å². The first-order chi connectivity index (χ1) is 13.2. The predicted molar refractivity (Wildman–Crippen MR) is 109 cm³/mol. The molecule has 0 radical (unpaired) electrons. The molecular formula is C18H19Cl2N3O4S. The van der Waals surface area contributed by atoms with Gasteiger partial charge in [0.2, 0.25) is 10.0 Å². The van der Waals surface area contributed by atoms with E-state index in [1.54, 1.807) is 18.2 Å². The maximum Gasteiger partial charge on any atom is 0.324 e. The zero-order valence-electron chi connectivity index (χ0n) is 14.7. The Morgan fingerprint density at radius 2 is 1.71 bits per heavy atom. The Labute approximate surface area is 173 Å². The number of urea groups is 1. The molecule has 0 aromatic heterocycles. The van der Waals surface area contributed by atoms with Crippen molar-refractivity contribution in [3.63, 3.8) is 0 Å². The molecule has 7 nitrogen and oxygen atoms in total. The molecule has 0 unspecified atom stereocenters. The lowest BCUT2D eigenvalue weighted by Gasteiger charge is -2.24. The SMILES string of the molecule is NC(=O)N(c1ccccc1Cl)c1ccc(Cl)c(S(=O)(=O)NC2CCCC2)c1O. The van der Waals surface area contributed by atoms with Gasteiger partial charge in [0, 0.05) is 6.04 Å². The highest BCUT2D eigenvalue weighted by atomic mass is 35.5. The lowest BCUT2D eigenvalue weighted by Crippen LogP contribution is -2.34. The number of sulfonamides is 1. The largest absolute Gasteiger partial charge is 0.504 e. The maximum absolute atomic E-state index is 12.9. The molecule has 2 aromatic carbocycles. The van der Waals surface area contributed by atoms with Gasteiger partial charge in [-0.1, -0.05) is 48.2 Å². The molecule has 2 amide bonds. The van der Waals surface area contributed by atoms with Gasteiger partial charge in [-0.2, -0.15) is 0 Å². The standard InChI is InChI=1S/C18H19Cl2N3O4S/c19-12-7-3-4-8-14(12)23(18(21)25)15-10-9-13(20)17(16(15)24)28(26,27)22-11-5-1-2-6-11/h3-4,7-11,22,24H,1-2,5-6H2,(H2,21,25). The molecule has 150 valence electrons. The zero-order chi connectivity index (χ0) is 20.5. The van der Waals surface area contributed by atoms with Crippen LogP contribution in [-0.2, 0) is 10.0 Å². The summed E-state index contributed by atoms with van der Waals surface area (Å²) in [5, 5.41) is 10.8. The number of phenols is 1. The Morgan fingerprint density at radius 3 is 2.32 bits per heavy atom. The second-order valence-electron chi connectivity index (χ2n) is 6.47. The number of halogens is 2. The molecule has 4 N–H and O–H groups in total. The molecule has 2 aromatic rings. The smallest absolute Gasteiger partial charge is 0.324 e. The number of amides is 2. The van der Waals surface area contributed by atoms with Crippen LogP contribution < -0.4 is 15.4 Å². The average Bonchev–Trinajstić information content (AvgIpc) is 3.10. The van der Waals surface area contributed by atoms with Gasteiger partial charge in [0.1, 0.15) is 4.90 Å². The number of hydrogen-bond acceptors (Lipinski definition) is 4. The third-order valence-electron chi connectivity index (χ3n) is 4.56. The molecule has 10 heteroatoms.